The van der Waals surface area contributed by atoms with Gasteiger partial charge in [0.05, 0.1) is 18.3 Å². The van der Waals surface area contributed by atoms with Gasteiger partial charge < -0.3 is 10.4 Å². The second kappa shape index (κ2) is 5.85. The molecule has 104 valence electrons. The zero-order chi connectivity index (χ0) is 13.8. The number of rotatable bonds is 6. The molecule has 1 aromatic rings. The van der Waals surface area contributed by atoms with Gasteiger partial charge in [0.2, 0.25) is 0 Å². The van der Waals surface area contributed by atoms with E-state index in [1.807, 2.05) is 10.9 Å². The van der Waals surface area contributed by atoms with Crippen LogP contribution in [0.15, 0.2) is 12.4 Å². The van der Waals surface area contributed by atoms with E-state index in [2.05, 4.69) is 51.2 Å². The number of aromatic nitrogens is 2. The van der Waals surface area contributed by atoms with Crippen LogP contribution in [-0.4, -0.2) is 27.0 Å². The standard InChI is InChI=1S/C14H27N3O/c1-6-14(7-2,11-18)15-8-12-9-16-17(10-12)13(3,4)5/h9-10,15,18H,6-8,11H2,1-5H3. The third kappa shape index (κ3) is 3.56. The lowest BCUT2D eigenvalue weighted by atomic mass is 9.94. The fraction of sp³-hybridized carbons (Fsp3) is 0.786. The van der Waals surface area contributed by atoms with E-state index in [1.165, 1.54) is 0 Å². The summed E-state index contributed by atoms with van der Waals surface area (Å²) in [5, 5.41) is 17.3. The zero-order valence-corrected chi connectivity index (χ0v) is 12.3. The van der Waals surface area contributed by atoms with Crippen molar-refractivity contribution in [1.29, 1.82) is 0 Å². The molecular formula is C14H27N3O. The highest BCUT2D eigenvalue weighted by atomic mass is 16.3. The summed E-state index contributed by atoms with van der Waals surface area (Å²) in [5.74, 6) is 0. The number of hydrogen-bond acceptors (Lipinski definition) is 3. The fourth-order valence-corrected chi connectivity index (χ4v) is 1.89. The van der Waals surface area contributed by atoms with Crippen molar-refractivity contribution in [2.24, 2.45) is 0 Å². The van der Waals surface area contributed by atoms with Crippen LogP contribution >= 0.6 is 0 Å². The van der Waals surface area contributed by atoms with Crippen molar-refractivity contribution in [1.82, 2.24) is 15.1 Å². The van der Waals surface area contributed by atoms with Gasteiger partial charge in [-0.3, -0.25) is 4.68 Å². The highest BCUT2D eigenvalue weighted by Crippen LogP contribution is 2.17. The molecule has 0 unspecified atom stereocenters. The summed E-state index contributed by atoms with van der Waals surface area (Å²) in [5.41, 5.74) is 1.01. The average Bonchev–Trinajstić information content (AvgIpc) is 2.80. The van der Waals surface area contributed by atoms with Crippen LogP contribution in [0.5, 0.6) is 0 Å². The number of aliphatic hydroxyl groups excluding tert-OH is 1. The lowest BCUT2D eigenvalue weighted by molar-refractivity contribution is 0.149. The Morgan fingerprint density at radius 1 is 1.28 bits per heavy atom. The van der Waals surface area contributed by atoms with E-state index >= 15 is 0 Å². The van der Waals surface area contributed by atoms with Crippen LogP contribution in [0, 0.1) is 0 Å². The zero-order valence-electron chi connectivity index (χ0n) is 12.3. The number of aliphatic hydroxyl groups is 1. The van der Waals surface area contributed by atoms with Gasteiger partial charge >= 0.3 is 0 Å². The van der Waals surface area contributed by atoms with Crippen LogP contribution in [0.4, 0.5) is 0 Å². The van der Waals surface area contributed by atoms with Crippen molar-refractivity contribution in [2.45, 2.75) is 65.1 Å². The molecule has 0 saturated carbocycles. The van der Waals surface area contributed by atoms with Gasteiger partial charge in [-0.05, 0) is 33.6 Å². The summed E-state index contributed by atoms with van der Waals surface area (Å²) in [7, 11) is 0. The van der Waals surface area contributed by atoms with Crippen molar-refractivity contribution in [3.63, 3.8) is 0 Å². The van der Waals surface area contributed by atoms with E-state index in [0.717, 1.165) is 24.9 Å². The second-order valence-electron chi connectivity index (χ2n) is 5.96. The Labute approximate surface area is 110 Å². The molecule has 0 aliphatic carbocycles. The summed E-state index contributed by atoms with van der Waals surface area (Å²) >= 11 is 0. The summed E-state index contributed by atoms with van der Waals surface area (Å²) < 4.78 is 1.97. The first-order chi connectivity index (χ1) is 8.37. The maximum absolute atomic E-state index is 9.51. The van der Waals surface area contributed by atoms with E-state index < -0.39 is 0 Å². The highest BCUT2D eigenvalue weighted by molar-refractivity contribution is 5.06. The first-order valence-electron chi connectivity index (χ1n) is 6.77. The normalized spacial score (nSPS) is 13.0. The van der Waals surface area contributed by atoms with Crippen LogP contribution in [0.25, 0.3) is 0 Å². The molecule has 0 radical (unpaired) electrons. The summed E-state index contributed by atoms with van der Waals surface area (Å²) in [6.45, 7) is 11.5. The molecule has 0 fully saturated rings. The van der Waals surface area contributed by atoms with Crippen LogP contribution in [0.2, 0.25) is 0 Å². The van der Waals surface area contributed by atoms with Gasteiger partial charge in [-0.2, -0.15) is 5.10 Å². The third-order valence-corrected chi connectivity index (χ3v) is 3.65. The predicted molar refractivity (Wildman–Crippen MR) is 74.5 cm³/mol. The van der Waals surface area contributed by atoms with Crippen molar-refractivity contribution in [3.8, 4) is 0 Å². The molecule has 1 aromatic heterocycles. The van der Waals surface area contributed by atoms with Gasteiger partial charge in [-0.15, -0.1) is 0 Å². The van der Waals surface area contributed by atoms with Gasteiger partial charge in [0.1, 0.15) is 0 Å². The molecule has 1 rings (SSSR count). The Balaban J connectivity index is 2.66. The van der Waals surface area contributed by atoms with Gasteiger partial charge in [0, 0.05) is 23.8 Å². The number of nitrogens with zero attached hydrogens (tertiary/aromatic N) is 2. The highest BCUT2D eigenvalue weighted by Gasteiger charge is 2.24. The minimum absolute atomic E-state index is 0.0157. The minimum atomic E-state index is -0.163. The van der Waals surface area contributed by atoms with Crippen molar-refractivity contribution in [2.75, 3.05) is 6.61 Å². The Morgan fingerprint density at radius 2 is 1.89 bits per heavy atom. The van der Waals surface area contributed by atoms with Crippen molar-refractivity contribution >= 4 is 0 Å². The largest absolute Gasteiger partial charge is 0.394 e. The summed E-state index contributed by atoms with van der Waals surface area (Å²) in [6, 6.07) is 0. The van der Waals surface area contributed by atoms with Crippen molar-refractivity contribution in [3.05, 3.63) is 18.0 Å². The third-order valence-electron chi connectivity index (χ3n) is 3.65. The second-order valence-corrected chi connectivity index (χ2v) is 5.96. The first kappa shape index (κ1) is 15.2. The molecule has 4 nitrogen and oxygen atoms in total. The van der Waals surface area contributed by atoms with Gasteiger partial charge in [0.15, 0.2) is 0 Å². The summed E-state index contributed by atoms with van der Waals surface area (Å²) in [6.07, 6.45) is 5.81. The molecule has 0 amide bonds. The van der Waals surface area contributed by atoms with E-state index in [1.54, 1.807) is 0 Å². The SMILES string of the molecule is CCC(CC)(CO)NCc1cnn(C(C)(C)C)c1. The molecule has 0 saturated heterocycles. The topological polar surface area (TPSA) is 50.1 Å². The van der Waals surface area contributed by atoms with Gasteiger partial charge in [-0.1, -0.05) is 13.8 Å². The molecular weight excluding hydrogens is 226 g/mol. The number of nitrogens with one attached hydrogen (secondary N) is 1. The maximum atomic E-state index is 9.51. The summed E-state index contributed by atoms with van der Waals surface area (Å²) in [4.78, 5) is 0. The molecule has 2 N–H and O–H groups in total. The van der Waals surface area contributed by atoms with E-state index in [4.69, 9.17) is 0 Å². The fourth-order valence-electron chi connectivity index (χ4n) is 1.89. The Bertz CT molecular complexity index is 353. The molecule has 0 aliphatic rings. The molecule has 0 aliphatic heterocycles. The van der Waals surface area contributed by atoms with Gasteiger partial charge in [0.25, 0.3) is 0 Å². The quantitative estimate of drug-likeness (QED) is 0.817. The molecule has 0 bridgehead atoms. The minimum Gasteiger partial charge on any atom is -0.394 e. The van der Waals surface area contributed by atoms with Crippen LogP contribution in [0.3, 0.4) is 0 Å². The molecule has 1 heterocycles. The predicted octanol–water partition coefficient (Wildman–Crippen LogP) is 2.28. The van der Waals surface area contributed by atoms with Crippen LogP contribution < -0.4 is 5.32 Å². The van der Waals surface area contributed by atoms with Crippen LogP contribution in [0.1, 0.15) is 53.0 Å². The van der Waals surface area contributed by atoms with Crippen LogP contribution in [-0.2, 0) is 12.1 Å². The lowest BCUT2D eigenvalue weighted by Crippen LogP contribution is -2.47. The Morgan fingerprint density at radius 3 is 2.28 bits per heavy atom. The Kier molecular flexibility index (Phi) is 4.93. The number of hydrogen-bond donors (Lipinski definition) is 2. The Hall–Kier alpha value is -0.870. The molecule has 0 aromatic carbocycles. The smallest absolute Gasteiger partial charge is 0.0613 e. The molecule has 4 heteroatoms. The molecule has 18 heavy (non-hydrogen) atoms. The van der Waals surface area contributed by atoms with Crippen molar-refractivity contribution < 1.29 is 5.11 Å². The van der Waals surface area contributed by atoms with Gasteiger partial charge in [-0.25, -0.2) is 0 Å². The average molecular weight is 253 g/mol. The first-order valence-corrected chi connectivity index (χ1v) is 6.77. The lowest BCUT2D eigenvalue weighted by Gasteiger charge is -2.30. The molecule has 0 spiro atoms. The molecule has 0 atom stereocenters. The monoisotopic (exact) mass is 253 g/mol. The van der Waals surface area contributed by atoms with E-state index in [0.29, 0.717) is 0 Å². The van der Waals surface area contributed by atoms with E-state index in [9.17, 15) is 5.11 Å². The maximum Gasteiger partial charge on any atom is 0.0613 e. The van der Waals surface area contributed by atoms with E-state index in [-0.39, 0.29) is 17.7 Å².